The number of benzene rings is 1. The van der Waals surface area contributed by atoms with Gasteiger partial charge in [0.1, 0.15) is 0 Å². The summed E-state index contributed by atoms with van der Waals surface area (Å²) in [7, 11) is 0.909. The van der Waals surface area contributed by atoms with E-state index in [-0.39, 0.29) is 10.6 Å². The van der Waals surface area contributed by atoms with Gasteiger partial charge in [-0.3, -0.25) is 4.63 Å². The lowest BCUT2D eigenvalue weighted by atomic mass is 10.2. The minimum absolute atomic E-state index is 0.106. The number of nitrogens with zero attached hydrogens (tertiary/aromatic N) is 2. The lowest BCUT2D eigenvalue weighted by Gasteiger charge is -1.93. The van der Waals surface area contributed by atoms with E-state index in [1.165, 1.54) is 0 Å². The van der Waals surface area contributed by atoms with Gasteiger partial charge in [-0.2, -0.15) is 0 Å². The molecule has 0 amide bonds. The van der Waals surface area contributed by atoms with Gasteiger partial charge in [-0.25, -0.2) is 8.42 Å². The first-order chi connectivity index (χ1) is 7.50. The van der Waals surface area contributed by atoms with Crippen molar-refractivity contribution in [2.24, 2.45) is 0 Å². The lowest BCUT2D eigenvalue weighted by molar-refractivity contribution is -0.831. The van der Waals surface area contributed by atoms with Gasteiger partial charge in [0.05, 0.1) is 0 Å². The number of halogens is 1. The summed E-state index contributed by atoms with van der Waals surface area (Å²) in [6.07, 6.45) is 0. The van der Waals surface area contributed by atoms with E-state index in [9.17, 15) is 13.6 Å². The molecule has 2 aromatic rings. The quantitative estimate of drug-likeness (QED) is 0.591. The fourth-order valence-corrected chi connectivity index (χ4v) is 2.20. The van der Waals surface area contributed by atoms with Crippen LogP contribution in [-0.2, 0) is 9.05 Å². The van der Waals surface area contributed by atoms with Crippen LogP contribution in [0.4, 0.5) is 0 Å². The zero-order chi connectivity index (χ0) is 11.8. The first kappa shape index (κ1) is 10.9. The maximum absolute atomic E-state index is 11.2. The molecule has 8 heteroatoms. The number of hydrogen-bond acceptors (Lipinski definition) is 5. The van der Waals surface area contributed by atoms with Crippen LogP contribution < -0.4 is 4.90 Å². The number of aromatic nitrogens is 2. The molecule has 1 aromatic heterocycles. The van der Waals surface area contributed by atoms with Crippen molar-refractivity contribution >= 4 is 19.7 Å². The molecule has 0 saturated carbocycles. The predicted molar refractivity (Wildman–Crippen MR) is 53.9 cm³/mol. The van der Waals surface area contributed by atoms with Crippen LogP contribution in [0, 0.1) is 5.21 Å². The van der Waals surface area contributed by atoms with Crippen molar-refractivity contribution in [2.45, 2.75) is 5.03 Å². The number of rotatable bonds is 2. The fraction of sp³-hybridized carbons (Fsp3) is 0. The van der Waals surface area contributed by atoms with Crippen molar-refractivity contribution in [2.75, 3.05) is 0 Å². The molecule has 2 rings (SSSR count). The highest BCUT2D eigenvalue weighted by atomic mass is 35.7. The van der Waals surface area contributed by atoms with Gasteiger partial charge in [0, 0.05) is 21.4 Å². The van der Waals surface area contributed by atoms with Crippen LogP contribution in [0.3, 0.4) is 0 Å². The topological polar surface area (TPSA) is 87.1 Å². The average molecular weight is 261 g/mol. The molecular weight excluding hydrogens is 256 g/mol. The Morgan fingerprint density at radius 2 is 1.94 bits per heavy atom. The van der Waals surface area contributed by atoms with Crippen LogP contribution in [0.1, 0.15) is 0 Å². The van der Waals surface area contributed by atoms with E-state index in [1.54, 1.807) is 30.3 Å². The summed E-state index contributed by atoms with van der Waals surface area (Å²) in [5.74, 6) is 0. The van der Waals surface area contributed by atoms with Crippen molar-refractivity contribution in [3.05, 3.63) is 35.5 Å². The monoisotopic (exact) mass is 260 g/mol. The number of hydrogen-bond donors (Lipinski definition) is 0. The molecule has 1 aromatic carbocycles. The van der Waals surface area contributed by atoms with Gasteiger partial charge in [0.2, 0.25) is 0 Å². The summed E-state index contributed by atoms with van der Waals surface area (Å²) >= 11 is 0. The largest absolute Gasteiger partial charge is 0.358 e. The van der Waals surface area contributed by atoms with Crippen molar-refractivity contribution in [1.82, 2.24) is 5.16 Å². The van der Waals surface area contributed by atoms with Gasteiger partial charge in [0.25, 0.3) is 5.69 Å². The van der Waals surface area contributed by atoms with E-state index in [0.717, 1.165) is 0 Å². The normalized spacial score (nSPS) is 11.6. The van der Waals surface area contributed by atoms with E-state index in [0.29, 0.717) is 5.56 Å². The van der Waals surface area contributed by atoms with Crippen LogP contribution in [0.15, 0.2) is 40.0 Å². The second kappa shape index (κ2) is 3.76. The second-order valence-corrected chi connectivity index (χ2v) is 5.37. The fourth-order valence-electron chi connectivity index (χ4n) is 1.22. The summed E-state index contributed by atoms with van der Waals surface area (Å²) in [6.45, 7) is 0. The molecule has 0 saturated heterocycles. The molecule has 0 aliphatic heterocycles. The SMILES string of the molecule is O=S(=O)(Cl)c1c(-c2ccccc2)no[n+]1[O-]. The molecule has 0 radical (unpaired) electrons. The molecule has 0 bridgehead atoms. The first-order valence-corrected chi connectivity index (χ1v) is 6.41. The molecule has 0 aliphatic carbocycles. The molecule has 16 heavy (non-hydrogen) atoms. The van der Waals surface area contributed by atoms with Gasteiger partial charge in [-0.15, -0.1) is 0 Å². The average Bonchev–Trinajstić information content (AvgIpc) is 2.61. The molecule has 0 aliphatic rings. The standard InChI is InChI=1S/C8H5ClN2O4S/c9-16(13,14)8-7(10-15-11(8)12)6-4-2-1-3-5-6/h1-5H. The summed E-state index contributed by atoms with van der Waals surface area (Å²) in [5, 5.41) is 13.7. The summed E-state index contributed by atoms with van der Waals surface area (Å²) in [4.78, 5) is -0.231. The smallest absolute Gasteiger partial charge is 0.332 e. The molecule has 0 spiro atoms. The highest BCUT2D eigenvalue weighted by molar-refractivity contribution is 8.13. The minimum Gasteiger partial charge on any atom is -0.358 e. The Morgan fingerprint density at radius 3 is 2.50 bits per heavy atom. The summed E-state index contributed by atoms with van der Waals surface area (Å²) in [6, 6.07) is 8.25. The van der Waals surface area contributed by atoms with E-state index >= 15 is 0 Å². The van der Waals surface area contributed by atoms with E-state index in [2.05, 4.69) is 9.79 Å². The van der Waals surface area contributed by atoms with Crippen molar-refractivity contribution < 1.29 is 17.9 Å². The Labute approximate surface area is 95.0 Å². The van der Waals surface area contributed by atoms with Crippen molar-refractivity contribution in [3.8, 4) is 11.3 Å². The zero-order valence-electron chi connectivity index (χ0n) is 7.70. The molecule has 0 fully saturated rings. The first-order valence-electron chi connectivity index (χ1n) is 4.10. The van der Waals surface area contributed by atoms with Gasteiger partial charge in [-0.1, -0.05) is 30.3 Å². The van der Waals surface area contributed by atoms with Crippen LogP contribution >= 0.6 is 10.7 Å². The molecule has 1 heterocycles. The Bertz CT molecular complexity index is 608. The van der Waals surface area contributed by atoms with E-state index in [4.69, 9.17) is 10.7 Å². The third kappa shape index (κ3) is 1.86. The zero-order valence-corrected chi connectivity index (χ0v) is 9.27. The van der Waals surface area contributed by atoms with Crippen LogP contribution in [0.25, 0.3) is 11.3 Å². The van der Waals surface area contributed by atoms with Gasteiger partial charge >= 0.3 is 14.1 Å². The molecule has 0 unspecified atom stereocenters. The molecule has 0 N–H and O–H groups in total. The Balaban J connectivity index is 2.69. The van der Waals surface area contributed by atoms with Crippen LogP contribution in [0.2, 0.25) is 0 Å². The third-order valence-electron chi connectivity index (χ3n) is 1.85. The Hall–Kier alpha value is -1.60. The highest BCUT2D eigenvalue weighted by Gasteiger charge is 2.31. The predicted octanol–water partition coefficient (Wildman–Crippen LogP) is 0.902. The molecule has 6 nitrogen and oxygen atoms in total. The Kier molecular flexibility index (Phi) is 2.56. The third-order valence-corrected chi connectivity index (χ3v) is 3.10. The van der Waals surface area contributed by atoms with Gasteiger partial charge in [0.15, 0.2) is 0 Å². The van der Waals surface area contributed by atoms with Crippen LogP contribution in [0.5, 0.6) is 0 Å². The van der Waals surface area contributed by atoms with Crippen LogP contribution in [-0.4, -0.2) is 13.6 Å². The van der Waals surface area contributed by atoms with Crippen molar-refractivity contribution in [3.63, 3.8) is 0 Å². The lowest BCUT2D eigenvalue weighted by Crippen LogP contribution is -2.29. The van der Waals surface area contributed by atoms with Gasteiger partial charge in [-0.05, 0) is 4.90 Å². The van der Waals surface area contributed by atoms with Gasteiger partial charge < -0.3 is 5.21 Å². The maximum atomic E-state index is 11.2. The molecule has 0 atom stereocenters. The maximum Gasteiger partial charge on any atom is 0.332 e. The van der Waals surface area contributed by atoms with Crippen molar-refractivity contribution in [1.29, 1.82) is 0 Å². The van der Waals surface area contributed by atoms with E-state index < -0.39 is 14.1 Å². The summed E-state index contributed by atoms with van der Waals surface area (Å²) in [5.41, 5.74) is 0.325. The van der Waals surface area contributed by atoms with E-state index in [1.807, 2.05) is 0 Å². The second-order valence-electron chi connectivity index (χ2n) is 2.89. The Morgan fingerprint density at radius 1 is 1.31 bits per heavy atom. The highest BCUT2D eigenvalue weighted by Crippen LogP contribution is 2.24. The molecular formula is C8H5ClN2O4S. The summed E-state index contributed by atoms with van der Waals surface area (Å²) < 4.78 is 26.5. The molecule has 84 valence electrons. The minimum atomic E-state index is -4.20.